The second kappa shape index (κ2) is 8.66. The molecule has 0 fully saturated rings. The van der Waals surface area contributed by atoms with E-state index in [1.807, 2.05) is 24.3 Å². The van der Waals surface area contributed by atoms with E-state index in [1.165, 1.54) is 19.3 Å². The van der Waals surface area contributed by atoms with Gasteiger partial charge in [0.25, 0.3) is 0 Å². The molecule has 21 heavy (non-hydrogen) atoms. The predicted molar refractivity (Wildman–Crippen MR) is 87.0 cm³/mol. The molecule has 1 aliphatic carbocycles. The number of benzene rings is 1. The van der Waals surface area contributed by atoms with Crippen molar-refractivity contribution in [2.24, 2.45) is 0 Å². The average molecular weight is 286 g/mol. The quantitative estimate of drug-likeness (QED) is 0.522. The Kier molecular flexibility index (Phi) is 6.52. The topological polar surface area (TPSA) is 26.3 Å². The first kappa shape index (κ1) is 15.8. The molecular weight excluding hydrogens is 260 g/mol. The minimum Gasteiger partial charge on any atom is -0.494 e. The monoisotopic (exact) mass is 286 g/mol. The third-order valence-electron chi connectivity index (χ3n) is 3.97. The van der Waals surface area contributed by atoms with Crippen LogP contribution in [0.5, 0.6) is 5.75 Å². The molecule has 0 unspecified atom stereocenters. The molecular formula is C19H26O2. The summed E-state index contributed by atoms with van der Waals surface area (Å²) in [4.78, 5) is 12.5. The maximum Gasteiger partial charge on any atom is 0.188 e. The minimum atomic E-state index is 0.192. The maximum absolute atomic E-state index is 12.5. The van der Waals surface area contributed by atoms with Crippen molar-refractivity contribution < 1.29 is 9.53 Å². The van der Waals surface area contributed by atoms with Crippen molar-refractivity contribution in [2.75, 3.05) is 6.61 Å². The van der Waals surface area contributed by atoms with Gasteiger partial charge in [-0.3, -0.25) is 4.79 Å². The van der Waals surface area contributed by atoms with Gasteiger partial charge in [0.1, 0.15) is 5.75 Å². The molecule has 0 N–H and O–H groups in total. The van der Waals surface area contributed by atoms with Crippen LogP contribution in [-0.4, -0.2) is 12.4 Å². The number of unbranched alkanes of at least 4 members (excludes halogenated alkanes) is 1. The molecule has 1 aliphatic rings. The van der Waals surface area contributed by atoms with Gasteiger partial charge >= 0.3 is 0 Å². The van der Waals surface area contributed by atoms with Crippen molar-refractivity contribution in [1.29, 1.82) is 0 Å². The Morgan fingerprint density at radius 3 is 2.62 bits per heavy atom. The molecule has 0 spiro atoms. The number of hydrogen-bond acceptors (Lipinski definition) is 2. The van der Waals surface area contributed by atoms with Gasteiger partial charge in [0.05, 0.1) is 6.61 Å². The zero-order chi connectivity index (χ0) is 14.9. The lowest BCUT2D eigenvalue weighted by Gasteiger charge is -2.11. The van der Waals surface area contributed by atoms with Crippen molar-refractivity contribution in [3.63, 3.8) is 0 Å². The lowest BCUT2D eigenvalue weighted by molar-refractivity contribution is 0.102. The summed E-state index contributed by atoms with van der Waals surface area (Å²) in [6.07, 6.45) is 11.2. The molecule has 0 saturated carbocycles. The standard InChI is InChI=1S/C19H26O2/c1-2-3-15-21-18-13-11-17(12-14-18)19(20)16-9-7-5-4-6-8-10-16/h9,11-14H,2-8,10,15H2,1H3/b16-9+. The molecule has 2 rings (SSSR count). The highest BCUT2D eigenvalue weighted by molar-refractivity contribution is 6.08. The Morgan fingerprint density at radius 1 is 1.10 bits per heavy atom. The van der Waals surface area contributed by atoms with Gasteiger partial charge in [-0.1, -0.05) is 32.3 Å². The molecule has 114 valence electrons. The lowest BCUT2D eigenvalue weighted by Crippen LogP contribution is -2.05. The van der Waals surface area contributed by atoms with Crippen molar-refractivity contribution >= 4 is 5.78 Å². The molecule has 1 aromatic carbocycles. The summed E-state index contributed by atoms with van der Waals surface area (Å²) in [6, 6.07) is 7.60. The number of ketones is 1. The van der Waals surface area contributed by atoms with Gasteiger partial charge in [-0.15, -0.1) is 0 Å². The molecule has 0 aliphatic heterocycles. The summed E-state index contributed by atoms with van der Waals surface area (Å²) in [6.45, 7) is 2.89. The van der Waals surface area contributed by atoms with E-state index < -0.39 is 0 Å². The normalized spacial score (nSPS) is 18.2. The van der Waals surface area contributed by atoms with E-state index >= 15 is 0 Å². The molecule has 0 heterocycles. The lowest BCUT2D eigenvalue weighted by atomic mass is 9.94. The first-order valence-electron chi connectivity index (χ1n) is 8.28. The highest BCUT2D eigenvalue weighted by Gasteiger charge is 2.13. The van der Waals surface area contributed by atoms with E-state index in [9.17, 15) is 4.79 Å². The fraction of sp³-hybridized carbons (Fsp3) is 0.526. The first-order valence-corrected chi connectivity index (χ1v) is 8.28. The van der Waals surface area contributed by atoms with Crippen LogP contribution in [0.1, 0.15) is 68.6 Å². The van der Waals surface area contributed by atoms with Gasteiger partial charge in [0, 0.05) is 5.56 Å². The average Bonchev–Trinajstić information content (AvgIpc) is 2.47. The molecule has 0 bridgehead atoms. The second-order valence-corrected chi connectivity index (χ2v) is 5.74. The minimum absolute atomic E-state index is 0.192. The van der Waals surface area contributed by atoms with Crippen LogP contribution in [0, 0.1) is 0 Å². The summed E-state index contributed by atoms with van der Waals surface area (Å²) in [5.41, 5.74) is 1.78. The Bertz CT molecular complexity index is 471. The summed E-state index contributed by atoms with van der Waals surface area (Å²) >= 11 is 0. The Labute approximate surface area is 128 Å². The molecule has 1 aromatic rings. The zero-order valence-electron chi connectivity index (χ0n) is 13.1. The SMILES string of the molecule is CCCCOc1ccc(C(=O)/C2=C/CCCCCC2)cc1. The van der Waals surface area contributed by atoms with E-state index in [0.717, 1.165) is 55.6 Å². The third-order valence-corrected chi connectivity index (χ3v) is 3.97. The van der Waals surface area contributed by atoms with E-state index in [1.54, 1.807) is 0 Å². The number of Topliss-reactive ketones (excluding diaryl/α,β-unsaturated/α-hetero) is 1. The Morgan fingerprint density at radius 2 is 1.86 bits per heavy atom. The van der Waals surface area contributed by atoms with Crippen LogP contribution in [0.4, 0.5) is 0 Å². The molecule has 2 heteroatoms. The third kappa shape index (κ3) is 5.04. The number of hydrogen-bond donors (Lipinski definition) is 0. The number of ether oxygens (including phenoxy) is 1. The summed E-state index contributed by atoms with van der Waals surface area (Å²) in [7, 11) is 0. The van der Waals surface area contributed by atoms with Gasteiger partial charge < -0.3 is 4.74 Å². The van der Waals surface area contributed by atoms with Gasteiger partial charge in [-0.2, -0.15) is 0 Å². The Balaban J connectivity index is 1.98. The first-order chi connectivity index (χ1) is 10.3. The fourth-order valence-corrected chi connectivity index (χ4v) is 2.62. The summed E-state index contributed by atoms with van der Waals surface area (Å²) in [5.74, 6) is 1.05. The van der Waals surface area contributed by atoms with Crippen molar-refractivity contribution in [3.05, 3.63) is 41.5 Å². The van der Waals surface area contributed by atoms with Gasteiger partial charge in [0.2, 0.25) is 0 Å². The molecule has 0 saturated heterocycles. The van der Waals surface area contributed by atoms with Crippen molar-refractivity contribution in [1.82, 2.24) is 0 Å². The van der Waals surface area contributed by atoms with E-state index in [-0.39, 0.29) is 5.78 Å². The maximum atomic E-state index is 12.5. The number of allylic oxidation sites excluding steroid dienone is 2. The number of rotatable bonds is 6. The van der Waals surface area contributed by atoms with Crippen LogP contribution in [0.25, 0.3) is 0 Å². The molecule has 0 aromatic heterocycles. The molecule has 0 radical (unpaired) electrons. The second-order valence-electron chi connectivity index (χ2n) is 5.74. The predicted octanol–water partition coefficient (Wildman–Crippen LogP) is 5.33. The number of carbonyl (C=O) groups excluding carboxylic acids is 1. The highest BCUT2D eigenvalue weighted by Crippen LogP contribution is 2.22. The smallest absolute Gasteiger partial charge is 0.188 e. The molecule has 0 amide bonds. The van der Waals surface area contributed by atoms with Crippen LogP contribution in [0.15, 0.2) is 35.9 Å². The zero-order valence-corrected chi connectivity index (χ0v) is 13.1. The van der Waals surface area contributed by atoms with Crippen LogP contribution in [0.2, 0.25) is 0 Å². The van der Waals surface area contributed by atoms with Gasteiger partial charge in [0.15, 0.2) is 5.78 Å². The van der Waals surface area contributed by atoms with Crippen LogP contribution in [0.3, 0.4) is 0 Å². The molecule has 2 nitrogen and oxygen atoms in total. The van der Waals surface area contributed by atoms with E-state index in [4.69, 9.17) is 4.74 Å². The number of carbonyl (C=O) groups is 1. The van der Waals surface area contributed by atoms with Crippen molar-refractivity contribution in [2.45, 2.75) is 58.3 Å². The van der Waals surface area contributed by atoms with Crippen LogP contribution >= 0.6 is 0 Å². The summed E-state index contributed by atoms with van der Waals surface area (Å²) in [5, 5.41) is 0. The van der Waals surface area contributed by atoms with Crippen LogP contribution < -0.4 is 4.74 Å². The highest BCUT2D eigenvalue weighted by atomic mass is 16.5. The van der Waals surface area contributed by atoms with Crippen molar-refractivity contribution in [3.8, 4) is 5.75 Å². The largest absolute Gasteiger partial charge is 0.494 e. The van der Waals surface area contributed by atoms with E-state index in [0.29, 0.717) is 0 Å². The Hall–Kier alpha value is -1.57. The van der Waals surface area contributed by atoms with Gasteiger partial charge in [-0.05, 0) is 61.9 Å². The van der Waals surface area contributed by atoms with Gasteiger partial charge in [-0.25, -0.2) is 0 Å². The van der Waals surface area contributed by atoms with E-state index in [2.05, 4.69) is 13.0 Å². The summed E-state index contributed by atoms with van der Waals surface area (Å²) < 4.78 is 5.64. The molecule has 0 atom stereocenters. The van der Waals surface area contributed by atoms with Crippen LogP contribution in [-0.2, 0) is 0 Å². The fourth-order valence-electron chi connectivity index (χ4n) is 2.62.